The average Bonchev–Trinajstić information content (AvgIpc) is 3.32. The minimum atomic E-state index is 0.527. The van der Waals surface area contributed by atoms with Crippen molar-refractivity contribution in [2.24, 2.45) is 4.99 Å². The van der Waals surface area contributed by atoms with Crippen LogP contribution in [0.2, 0.25) is 0 Å². The Morgan fingerprint density at radius 2 is 2.24 bits per heavy atom. The summed E-state index contributed by atoms with van der Waals surface area (Å²) in [6.07, 6.45) is 11.5. The molecule has 5 nitrogen and oxygen atoms in total. The number of nitrogens with zero attached hydrogens (tertiary/aromatic N) is 3. The predicted molar refractivity (Wildman–Crippen MR) is 106 cm³/mol. The van der Waals surface area contributed by atoms with Crippen molar-refractivity contribution in [1.82, 2.24) is 20.2 Å². The van der Waals surface area contributed by atoms with E-state index >= 15 is 0 Å². The molecule has 0 amide bonds. The molecule has 1 aromatic heterocycles. The van der Waals surface area contributed by atoms with Gasteiger partial charge in [-0.2, -0.15) is 11.8 Å². The molecule has 1 aliphatic carbocycles. The van der Waals surface area contributed by atoms with E-state index in [4.69, 9.17) is 4.99 Å². The Morgan fingerprint density at radius 3 is 2.96 bits per heavy atom. The van der Waals surface area contributed by atoms with Crippen LogP contribution in [0.1, 0.15) is 31.7 Å². The molecule has 0 spiro atoms. The van der Waals surface area contributed by atoms with Crippen LogP contribution in [-0.2, 0) is 6.54 Å². The van der Waals surface area contributed by atoms with Gasteiger partial charge in [-0.15, -0.1) is 0 Å². The molecular formula is C19H27N5S. The largest absolute Gasteiger partial charge is 0.357 e. The summed E-state index contributed by atoms with van der Waals surface area (Å²) >= 11 is 1.98. The smallest absolute Gasteiger partial charge is 0.191 e. The number of thioether (sulfide) groups is 1. The molecule has 2 aromatic rings. The van der Waals surface area contributed by atoms with Crippen molar-refractivity contribution in [1.29, 1.82) is 0 Å². The molecule has 2 atom stereocenters. The Hall–Kier alpha value is -1.95. The van der Waals surface area contributed by atoms with Crippen LogP contribution in [0.25, 0.3) is 5.69 Å². The highest BCUT2D eigenvalue weighted by Gasteiger charge is 2.24. The Kier molecular flexibility index (Phi) is 6.39. The average molecular weight is 358 g/mol. The molecule has 0 bridgehead atoms. The molecular weight excluding hydrogens is 330 g/mol. The van der Waals surface area contributed by atoms with Crippen molar-refractivity contribution in [3.05, 3.63) is 48.5 Å². The molecule has 1 aromatic carbocycles. The van der Waals surface area contributed by atoms with Gasteiger partial charge < -0.3 is 15.2 Å². The third-order valence-corrected chi connectivity index (χ3v) is 5.68. The summed E-state index contributed by atoms with van der Waals surface area (Å²) in [7, 11) is 0. The van der Waals surface area contributed by atoms with Gasteiger partial charge in [0.05, 0.1) is 18.6 Å². The Balaban J connectivity index is 1.70. The van der Waals surface area contributed by atoms with Crippen LogP contribution in [0, 0.1) is 0 Å². The summed E-state index contributed by atoms with van der Waals surface area (Å²) < 4.78 is 2.03. The van der Waals surface area contributed by atoms with E-state index in [9.17, 15) is 0 Å². The first-order chi connectivity index (χ1) is 12.3. The van der Waals surface area contributed by atoms with Crippen molar-refractivity contribution < 1.29 is 0 Å². The van der Waals surface area contributed by atoms with E-state index in [1.165, 1.54) is 24.8 Å². The van der Waals surface area contributed by atoms with Gasteiger partial charge in [-0.3, -0.25) is 0 Å². The van der Waals surface area contributed by atoms with Crippen molar-refractivity contribution in [2.75, 3.05) is 12.8 Å². The van der Waals surface area contributed by atoms with Gasteiger partial charge in [-0.1, -0.05) is 18.2 Å². The quantitative estimate of drug-likeness (QED) is 0.616. The predicted octanol–water partition coefficient (Wildman–Crippen LogP) is 3.21. The van der Waals surface area contributed by atoms with Gasteiger partial charge in [0.1, 0.15) is 0 Å². The normalized spacial score (nSPS) is 20.6. The van der Waals surface area contributed by atoms with E-state index in [0.29, 0.717) is 12.6 Å². The van der Waals surface area contributed by atoms with Gasteiger partial charge in [-0.05, 0) is 44.1 Å². The molecule has 0 radical (unpaired) electrons. The number of para-hydroxylation sites is 1. The van der Waals surface area contributed by atoms with Gasteiger partial charge in [0.25, 0.3) is 0 Å². The van der Waals surface area contributed by atoms with Crippen LogP contribution < -0.4 is 10.6 Å². The van der Waals surface area contributed by atoms with Crippen molar-refractivity contribution in [3.63, 3.8) is 0 Å². The molecule has 2 unspecified atom stereocenters. The van der Waals surface area contributed by atoms with Gasteiger partial charge in [0.15, 0.2) is 5.96 Å². The van der Waals surface area contributed by atoms with Crippen LogP contribution >= 0.6 is 11.8 Å². The van der Waals surface area contributed by atoms with Gasteiger partial charge >= 0.3 is 0 Å². The maximum absolute atomic E-state index is 4.82. The van der Waals surface area contributed by atoms with Crippen molar-refractivity contribution in [3.8, 4) is 5.69 Å². The van der Waals surface area contributed by atoms with Gasteiger partial charge in [0, 0.05) is 30.2 Å². The number of rotatable bonds is 6. The Morgan fingerprint density at radius 1 is 1.36 bits per heavy atom. The molecule has 0 saturated heterocycles. The zero-order chi connectivity index (χ0) is 17.5. The van der Waals surface area contributed by atoms with Crippen LogP contribution in [0.15, 0.2) is 48.0 Å². The fourth-order valence-electron chi connectivity index (χ4n) is 3.26. The lowest BCUT2D eigenvalue weighted by Gasteiger charge is -2.17. The van der Waals surface area contributed by atoms with Crippen LogP contribution in [0.3, 0.4) is 0 Å². The molecule has 3 rings (SSSR count). The summed E-state index contributed by atoms with van der Waals surface area (Å²) in [5.74, 6) is 0.912. The third-order valence-electron chi connectivity index (χ3n) is 4.58. The van der Waals surface area contributed by atoms with Gasteiger partial charge in [0.2, 0.25) is 0 Å². The van der Waals surface area contributed by atoms with E-state index in [0.717, 1.165) is 23.4 Å². The summed E-state index contributed by atoms with van der Waals surface area (Å²) in [5.41, 5.74) is 2.31. The highest BCUT2D eigenvalue weighted by atomic mass is 32.2. The summed E-state index contributed by atoms with van der Waals surface area (Å²) in [5, 5.41) is 7.77. The minimum absolute atomic E-state index is 0.527. The van der Waals surface area contributed by atoms with Crippen LogP contribution in [0.5, 0.6) is 0 Å². The number of nitrogens with one attached hydrogen (secondary N) is 2. The molecule has 0 aliphatic heterocycles. The lowest BCUT2D eigenvalue weighted by Crippen LogP contribution is -2.42. The summed E-state index contributed by atoms with van der Waals surface area (Å²) in [6, 6.07) is 8.87. The number of hydrogen-bond acceptors (Lipinski definition) is 3. The second kappa shape index (κ2) is 8.94. The molecule has 1 aliphatic rings. The van der Waals surface area contributed by atoms with Crippen molar-refractivity contribution >= 4 is 17.7 Å². The first-order valence-electron chi connectivity index (χ1n) is 8.94. The van der Waals surface area contributed by atoms with E-state index in [1.807, 2.05) is 34.9 Å². The molecule has 1 heterocycles. The SMILES string of the molecule is CCNC(=NCc1ccccc1-n1ccnc1)NC1CCC(SC)C1. The Labute approximate surface area is 154 Å². The van der Waals surface area contributed by atoms with Crippen molar-refractivity contribution in [2.45, 2.75) is 44.0 Å². The first-order valence-corrected chi connectivity index (χ1v) is 10.2. The fourth-order valence-corrected chi connectivity index (χ4v) is 4.06. The standard InChI is InChI=1S/C19H27N5S/c1-3-21-19(23-16-8-9-17(12-16)25-2)22-13-15-6-4-5-7-18(15)24-11-10-20-14-24/h4-7,10-11,14,16-17H,3,8-9,12-13H2,1-2H3,(H2,21,22,23). The summed E-state index contributed by atoms with van der Waals surface area (Å²) in [6.45, 7) is 3.62. The molecule has 134 valence electrons. The monoisotopic (exact) mass is 357 g/mol. The first kappa shape index (κ1) is 17.9. The lowest BCUT2D eigenvalue weighted by molar-refractivity contribution is 0.615. The number of imidazole rings is 1. The molecule has 6 heteroatoms. The number of hydrogen-bond donors (Lipinski definition) is 2. The van der Waals surface area contributed by atoms with E-state index in [2.05, 4.69) is 47.0 Å². The Bertz CT molecular complexity index is 683. The second-order valence-corrected chi connectivity index (χ2v) is 7.44. The van der Waals surface area contributed by atoms with E-state index < -0.39 is 0 Å². The number of aromatic nitrogens is 2. The van der Waals surface area contributed by atoms with Gasteiger partial charge in [-0.25, -0.2) is 9.98 Å². The maximum Gasteiger partial charge on any atom is 0.191 e. The zero-order valence-corrected chi connectivity index (χ0v) is 15.8. The zero-order valence-electron chi connectivity index (χ0n) is 15.0. The molecule has 1 saturated carbocycles. The minimum Gasteiger partial charge on any atom is -0.357 e. The topological polar surface area (TPSA) is 54.2 Å². The van der Waals surface area contributed by atoms with Crippen LogP contribution in [0.4, 0.5) is 0 Å². The number of guanidine groups is 1. The highest BCUT2D eigenvalue weighted by Crippen LogP contribution is 2.28. The summed E-state index contributed by atoms with van der Waals surface area (Å²) in [4.78, 5) is 8.97. The van der Waals surface area contributed by atoms with Crippen LogP contribution in [-0.4, -0.2) is 39.6 Å². The number of aliphatic imine (C=N–C) groups is 1. The van der Waals surface area contributed by atoms with E-state index in [1.54, 1.807) is 6.20 Å². The lowest BCUT2D eigenvalue weighted by atomic mass is 10.2. The third kappa shape index (κ3) is 4.78. The van der Waals surface area contributed by atoms with E-state index in [-0.39, 0.29) is 0 Å². The fraction of sp³-hybridized carbons (Fsp3) is 0.474. The highest BCUT2D eigenvalue weighted by molar-refractivity contribution is 7.99. The maximum atomic E-state index is 4.82. The molecule has 2 N–H and O–H groups in total. The second-order valence-electron chi connectivity index (χ2n) is 6.31. The molecule has 25 heavy (non-hydrogen) atoms. The molecule has 1 fully saturated rings. The number of benzene rings is 1.